The maximum Gasteiger partial charge on any atom is 0.0175 e. The Morgan fingerprint density at radius 2 is 1.82 bits per heavy atom. The van der Waals surface area contributed by atoms with Crippen molar-refractivity contribution in [3.8, 4) is 0 Å². The lowest BCUT2D eigenvalue weighted by molar-refractivity contribution is 0.914. The van der Waals surface area contributed by atoms with Crippen LogP contribution in [0.25, 0.3) is 0 Å². The van der Waals surface area contributed by atoms with Gasteiger partial charge in [-0.3, -0.25) is 0 Å². The van der Waals surface area contributed by atoms with E-state index in [1.807, 2.05) is 0 Å². The van der Waals surface area contributed by atoms with Crippen LogP contribution in [-0.2, 0) is 0 Å². The van der Waals surface area contributed by atoms with Gasteiger partial charge in [-0.1, -0.05) is 35.0 Å². The summed E-state index contributed by atoms with van der Waals surface area (Å²) < 4.78 is 1.18. The fourth-order valence-electron chi connectivity index (χ4n) is 1.50. The summed E-state index contributed by atoms with van der Waals surface area (Å²) >= 11 is 3.43. The van der Waals surface area contributed by atoms with Gasteiger partial charge in [-0.15, -0.1) is 0 Å². The van der Waals surface area contributed by atoms with Gasteiger partial charge in [0, 0.05) is 4.47 Å². The molecular formula is C10H11Br. The van der Waals surface area contributed by atoms with Crippen LogP contribution in [0.3, 0.4) is 0 Å². The van der Waals surface area contributed by atoms with E-state index < -0.39 is 0 Å². The SMILES string of the molecule is C[C@H]1CC1c1ccc(Br)cc1. The molecule has 0 N–H and O–H groups in total. The summed E-state index contributed by atoms with van der Waals surface area (Å²) in [5, 5.41) is 0. The fourth-order valence-corrected chi connectivity index (χ4v) is 1.76. The van der Waals surface area contributed by atoms with Crippen molar-refractivity contribution in [2.45, 2.75) is 19.3 Å². The molecule has 0 aromatic heterocycles. The van der Waals surface area contributed by atoms with E-state index in [1.54, 1.807) is 0 Å². The van der Waals surface area contributed by atoms with E-state index in [1.165, 1.54) is 16.5 Å². The van der Waals surface area contributed by atoms with Crippen LogP contribution >= 0.6 is 15.9 Å². The average molecular weight is 211 g/mol. The molecule has 0 nitrogen and oxygen atoms in total. The second-order valence-electron chi connectivity index (χ2n) is 3.37. The van der Waals surface area contributed by atoms with Crippen molar-refractivity contribution in [1.82, 2.24) is 0 Å². The van der Waals surface area contributed by atoms with Crippen molar-refractivity contribution >= 4 is 15.9 Å². The van der Waals surface area contributed by atoms with E-state index in [9.17, 15) is 0 Å². The van der Waals surface area contributed by atoms with Gasteiger partial charge in [-0.25, -0.2) is 0 Å². The molecule has 0 aliphatic heterocycles. The summed E-state index contributed by atoms with van der Waals surface area (Å²) in [7, 11) is 0. The number of halogens is 1. The zero-order chi connectivity index (χ0) is 7.84. The molecule has 0 spiro atoms. The van der Waals surface area contributed by atoms with Crippen molar-refractivity contribution in [3.05, 3.63) is 34.3 Å². The highest BCUT2D eigenvalue weighted by atomic mass is 79.9. The van der Waals surface area contributed by atoms with Crippen LogP contribution in [0, 0.1) is 5.92 Å². The first-order chi connectivity index (χ1) is 5.27. The van der Waals surface area contributed by atoms with Crippen LogP contribution in [0.2, 0.25) is 0 Å². The molecule has 0 amide bonds. The highest BCUT2D eigenvalue weighted by Crippen LogP contribution is 2.46. The van der Waals surface area contributed by atoms with Crippen LogP contribution in [0.4, 0.5) is 0 Å². The lowest BCUT2D eigenvalue weighted by Gasteiger charge is -1.97. The molecule has 1 aromatic carbocycles. The molecule has 2 atom stereocenters. The first-order valence-electron chi connectivity index (χ1n) is 4.03. The molecule has 0 radical (unpaired) electrons. The van der Waals surface area contributed by atoms with E-state index in [-0.39, 0.29) is 0 Å². The normalized spacial score (nSPS) is 28.5. The summed E-state index contributed by atoms with van der Waals surface area (Å²) in [4.78, 5) is 0. The predicted molar refractivity (Wildman–Crippen MR) is 50.7 cm³/mol. The van der Waals surface area contributed by atoms with Gasteiger partial charge in [0.2, 0.25) is 0 Å². The highest BCUT2D eigenvalue weighted by molar-refractivity contribution is 9.10. The van der Waals surface area contributed by atoms with E-state index in [0.29, 0.717) is 0 Å². The Morgan fingerprint density at radius 1 is 1.27 bits per heavy atom. The summed E-state index contributed by atoms with van der Waals surface area (Å²) in [6, 6.07) is 8.69. The number of hydrogen-bond acceptors (Lipinski definition) is 0. The molecule has 0 saturated heterocycles. The third-order valence-corrected chi connectivity index (χ3v) is 2.94. The zero-order valence-electron chi connectivity index (χ0n) is 6.55. The summed E-state index contributed by atoms with van der Waals surface area (Å²) in [5.41, 5.74) is 1.50. The summed E-state index contributed by atoms with van der Waals surface area (Å²) in [6.45, 7) is 2.31. The van der Waals surface area contributed by atoms with Crippen LogP contribution in [0.1, 0.15) is 24.8 Å². The van der Waals surface area contributed by atoms with Crippen molar-refractivity contribution in [1.29, 1.82) is 0 Å². The molecule has 2 rings (SSSR count). The Hall–Kier alpha value is -0.300. The van der Waals surface area contributed by atoms with Crippen molar-refractivity contribution in [3.63, 3.8) is 0 Å². The Balaban J connectivity index is 2.21. The third-order valence-electron chi connectivity index (χ3n) is 2.41. The summed E-state index contributed by atoms with van der Waals surface area (Å²) in [6.07, 6.45) is 1.38. The Labute approximate surface area is 75.8 Å². The van der Waals surface area contributed by atoms with E-state index in [2.05, 4.69) is 47.1 Å². The standard InChI is InChI=1S/C10H11Br/c1-7-6-10(7)8-2-4-9(11)5-3-8/h2-5,7,10H,6H2,1H3/t7-,10?/m0/s1. The van der Waals surface area contributed by atoms with Crippen LogP contribution in [0.15, 0.2) is 28.7 Å². The minimum Gasteiger partial charge on any atom is -0.0619 e. The molecular weight excluding hydrogens is 200 g/mol. The Bertz CT molecular complexity index is 250. The molecule has 0 bridgehead atoms. The molecule has 1 aliphatic rings. The lowest BCUT2D eigenvalue weighted by Crippen LogP contribution is -1.78. The van der Waals surface area contributed by atoms with Gasteiger partial charge in [0.15, 0.2) is 0 Å². The minimum absolute atomic E-state index is 0.850. The number of benzene rings is 1. The van der Waals surface area contributed by atoms with Gasteiger partial charge in [0.05, 0.1) is 0 Å². The molecule has 1 aliphatic carbocycles. The Kier molecular flexibility index (Phi) is 1.76. The second-order valence-corrected chi connectivity index (χ2v) is 4.29. The smallest absolute Gasteiger partial charge is 0.0175 e. The molecule has 1 aromatic rings. The van der Waals surface area contributed by atoms with Crippen LogP contribution in [-0.4, -0.2) is 0 Å². The molecule has 1 heteroatoms. The second kappa shape index (κ2) is 2.63. The fraction of sp³-hybridized carbons (Fsp3) is 0.400. The minimum atomic E-state index is 0.850. The number of hydrogen-bond donors (Lipinski definition) is 0. The Morgan fingerprint density at radius 3 is 2.27 bits per heavy atom. The van der Waals surface area contributed by atoms with E-state index >= 15 is 0 Å². The first-order valence-corrected chi connectivity index (χ1v) is 4.82. The maximum absolute atomic E-state index is 3.43. The van der Waals surface area contributed by atoms with Crippen molar-refractivity contribution < 1.29 is 0 Å². The summed E-state index contributed by atoms with van der Waals surface area (Å²) in [5.74, 6) is 1.76. The van der Waals surface area contributed by atoms with E-state index in [0.717, 1.165) is 11.8 Å². The van der Waals surface area contributed by atoms with Gasteiger partial charge < -0.3 is 0 Å². The molecule has 1 unspecified atom stereocenters. The van der Waals surface area contributed by atoms with Crippen molar-refractivity contribution in [2.75, 3.05) is 0 Å². The van der Waals surface area contributed by atoms with Gasteiger partial charge >= 0.3 is 0 Å². The average Bonchev–Trinajstić information content (AvgIpc) is 2.69. The first kappa shape index (κ1) is 7.35. The van der Waals surface area contributed by atoms with Crippen LogP contribution < -0.4 is 0 Å². The maximum atomic E-state index is 3.43. The topological polar surface area (TPSA) is 0 Å². The van der Waals surface area contributed by atoms with Gasteiger partial charge in [-0.05, 0) is 36.0 Å². The molecule has 1 saturated carbocycles. The quantitative estimate of drug-likeness (QED) is 0.666. The molecule has 1 fully saturated rings. The zero-order valence-corrected chi connectivity index (χ0v) is 8.14. The predicted octanol–water partition coefficient (Wildman–Crippen LogP) is 3.57. The molecule has 0 heterocycles. The van der Waals surface area contributed by atoms with Crippen molar-refractivity contribution in [2.24, 2.45) is 5.92 Å². The monoisotopic (exact) mass is 210 g/mol. The molecule has 58 valence electrons. The van der Waals surface area contributed by atoms with Gasteiger partial charge in [-0.2, -0.15) is 0 Å². The van der Waals surface area contributed by atoms with E-state index in [4.69, 9.17) is 0 Å². The van der Waals surface area contributed by atoms with Crippen LogP contribution in [0.5, 0.6) is 0 Å². The lowest BCUT2D eigenvalue weighted by atomic mass is 10.1. The molecule has 11 heavy (non-hydrogen) atoms. The largest absolute Gasteiger partial charge is 0.0619 e. The third kappa shape index (κ3) is 1.48. The van der Waals surface area contributed by atoms with Gasteiger partial charge in [0.1, 0.15) is 0 Å². The highest BCUT2D eigenvalue weighted by Gasteiger charge is 2.33. The van der Waals surface area contributed by atoms with Gasteiger partial charge in [0.25, 0.3) is 0 Å². The number of rotatable bonds is 1.